The van der Waals surface area contributed by atoms with Gasteiger partial charge in [0.2, 0.25) is 5.91 Å². The topological polar surface area (TPSA) is 80.3 Å². The molecule has 0 spiro atoms. The molecule has 0 saturated carbocycles. The van der Waals surface area contributed by atoms with Gasteiger partial charge in [-0.25, -0.2) is 9.78 Å². The van der Waals surface area contributed by atoms with Gasteiger partial charge in [-0.2, -0.15) is 0 Å². The van der Waals surface area contributed by atoms with E-state index in [-0.39, 0.29) is 12.5 Å². The summed E-state index contributed by atoms with van der Waals surface area (Å²) in [5.41, 5.74) is 1.88. The summed E-state index contributed by atoms with van der Waals surface area (Å²) < 4.78 is 5.07. The van der Waals surface area contributed by atoms with E-state index in [1.165, 1.54) is 0 Å². The Kier molecular flexibility index (Phi) is 5.68. The van der Waals surface area contributed by atoms with Gasteiger partial charge in [-0.05, 0) is 31.0 Å². The van der Waals surface area contributed by atoms with Crippen LogP contribution < -0.4 is 10.6 Å². The van der Waals surface area contributed by atoms with Gasteiger partial charge in [-0.3, -0.25) is 4.79 Å². The highest BCUT2D eigenvalue weighted by Gasteiger charge is 2.16. The van der Waals surface area contributed by atoms with E-state index >= 15 is 0 Å². The molecule has 2 N–H and O–H groups in total. The minimum Gasteiger partial charge on any atom is -0.445 e. The lowest BCUT2D eigenvalue weighted by atomic mass is 10.2. The predicted molar refractivity (Wildman–Crippen MR) is 86.8 cm³/mol. The van der Waals surface area contributed by atoms with E-state index in [0.29, 0.717) is 5.82 Å². The highest BCUT2D eigenvalue weighted by Crippen LogP contribution is 2.05. The highest BCUT2D eigenvalue weighted by atomic mass is 16.5. The number of ether oxygens (including phenoxy) is 1. The number of pyridine rings is 1. The minimum atomic E-state index is -0.735. The van der Waals surface area contributed by atoms with E-state index in [1.807, 2.05) is 43.3 Å². The van der Waals surface area contributed by atoms with Crippen LogP contribution in [0.5, 0.6) is 0 Å². The van der Waals surface area contributed by atoms with E-state index in [1.54, 1.807) is 19.2 Å². The second-order valence-corrected chi connectivity index (χ2v) is 5.14. The van der Waals surface area contributed by atoms with Gasteiger partial charge >= 0.3 is 6.09 Å². The Balaban J connectivity index is 1.78. The fourth-order valence-corrected chi connectivity index (χ4v) is 1.78. The molecule has 6 nitrogen and oxygen atoms in total. The Morgan fingerprint density at radius 3 is 2.57 bits per heavy atom. The number of benzene rings is 1. The largest absolute Gasteiger partial charge is 0.445 e. The summed E-state index contributed by atoms with van der Waals surface area (Å²) >= 11 is 0. The Morgan fingerprint density at radius 1 is 1.17 bits per heavy atom. The molecule has 1 aromatic carbocycles. The first-order valence-corrected chi connectivity index (χ1v) is 7.25. The molecule has 0 aliphatic rings. The molecule has 0 saturated heterocycles. The second-order valence-electron chi connectivity index (χ2n) is 5.14. The summed E-state index contributed by atoms with van der Waals surface area (Å²) in [4.78, 5) is 27.8. The Hall–Kier alpha value is -2.89. The molecule has 0 bridgehead atoms. The van der Waals surface area contributed by atoms with E-state index in [2.05, 4.69) is 15.6 Å². The number of nitrogens with zero attached hydrogens (tertiary/aromatic N) is 1. The summed E-state index contributed by atoms with van der Waals surface area (Å²) in [5.74, 6) is 0.0740. The second kappa shape index (κ2) is 7.93. The number of carbonyl (C=O) groups excluding carboxylic acids is 2. The van der Waals surface area contributed by atoms with Gasteiger partial charge in [0.15, 0.2) is 0 Å². The molecule has 1 heterocycles. The summed E-state index contributed by atoms with van der Waals surface area (Å²) in [6.07, 6.45) is 1.01. The molecule has 1 aromatic heterocycles. The van der Waals surface area contributed by atoms with Crippen LogP contribution >= 0.6 is 0 Å². The fraction of sp³-hybridized carbons (Fsp3) is 0.235. The zero-order valence-corrected chi connectivity index (χ0v) is 13.1. The lowest BCUT2D eigenvalue weighted by molar-refractivity contribution is -0.117. The number of hydrogen-bond donors (Lipinski definition) is 2. The van der Waals surface area contributed by atoms with E-state index < -0.39 is 12.1 Å². The van der Waals surface area contributed by atoms with Crippen molar-refractivity contribution in [2.75, 3.05) is 5.32 Å². The van der Waals surface area contributed by atoms with Crippen LogP contribution in [0.1, 0.15) is 18.1 Å². The van der Waals surface area contributed by atoms with Crippen molar-refractivity contribution in [3.05, 3.63) is 59.8 Å². The predicted octanol–water partition coefficient (Wildman–Crippen LogP) is 2.64. The van der Waals surface area contributed by atoms with Gasteiger partial charge in [0.25, 0.3) is 0 Å². The number of alkyl carbamates (subject to hydrolysis) is 1. The van der Waals surface area contributed by atoms with Crippen LogP contribution in [-0.4, -0.2) is 23.0 Å². The van der Waals surface area contributed by atoms with Gasteiger partial charge < -0.3 is 15.4 Å². The minimum absolute atomic E-state index is 0.153. The highest BCUT2D eigenvalue weighted by molar-refractivity contribution is 5.95. The third-order valence-electron chi connectivity index (χ3n) is 3.10. The molecular weight excluding hydrogens is 294 g/mol. The maximum Gasteiger partial charge on any atom is 0.408 e. The monoisotopic (exact) mass is 313 g/mol. The number of anilines is 1. The van der Waals surface area contributed by atoms with Gasteiger partial charge in [-0.15, -0.1) is 0 Å². The van der Waals surface area contributed by atoms with Crippen molar-refractivity contribution in [3.8, 4) is 0 Å². The zero-order chi connectivity index (χ0) is 16.7. The lowest BCUT2D eigenvalue weighted by Gasteiger charge is -2.14. The average molecular weight is 313 g/mol. The quantitative estimate of drug-likeness (QED) is 0.889. The van der Waals surface area contributed by atoms with Crippen LogP contribution in [-0.2, 0) is 16.1 Å². The van der Waals surface area contributed by atoms with Gasteiger partial charge in [0, 0.05) is 6.20 Å². The summed E-state index contributed by atoms with van der Waals surface area (Å²) in [7, 11) is 0. The zero-order valence-electron chi connectivity index (χ0n) is 13.1. The summed E-state index contributed by atoms with van der Waals surface area (Å²) in [6, 6.07) is 12.1. The van der Waals surface area contributed by atoms with Gasteiger partial charge in [0.1, 0.15) is 18.5 Å². The fourth-order valence-electron chi connectivity index (χ4n) is 1.78. The number of aryl methyl sites for hydroxylation is 1. The molecule has 1 unspecified atom stereocenters. The Bertz CT molecular complexity index is 657. The van der Waals surface area contributed by atoms with Crippen LogP contribution in [0, 0.1) is 6.92 Å². The normalized spacial score (nSPS) is 11.4. The van der Waals surface area contributed by atoms with Crippen LogP contribution in [0.4, 0.5) is 10.6 Å². The Morgan fingerprint density at radius 2 is 1.91 bits per heavy atom. The van der Waals surface area contributed by atoms with Gasteiger partial charge in [0.05, 0.1) is 0 Å². The first-order valence-electron chi connectivity index (χ1n) is 7.25. The van der Waals surface area contributed by atoms with Crippen molar-refractivity contribution in [2.45, 2.75) is 26.5 Å². The standard InChI is InChI=1S/C17H19N3O3/c1-12-8-9-15(18-10-12)20-16(21)13(2)19-17(22)23-11-14-6-4-3-5-7-14/h3-10,13H,11H2,1-2H3,(H,19,22)(H,18,20,21). The molecule has 120 valence electrons. The smallest absolute Gasteiger partial charge is 0.408 e. The third-order valence-corrected chi connectivity index (χ3v) is 3.10. The van der Waals surface area contributed by atoms with Crippen LogP contribution in [0.15, 0.2) is 48.7 Å². The Labute approximate surface area is 134 Å². The number of nitrogens with one attached hydrogen (secondary N) is 2. The molecule has 6 heteroatoms. The molecule has 0 fully saturated rings. The molecule has 2 aromatic rings. The van der Waals surface area contributed by atoms with Crippen LogP contribution in [0.2, 0.25) is 0 Å². The number of amides is 2. The molecule has 23 heavy (non-hydrogen) atoms. The van der Waals surface area contributed by atoms with E-state index in [0.717, 1.165) is 11.1 Å². The van der Waals surface area contributed by atoms with Crippen LogP contribution in [0.25, 0.3) is 0 Å². The third kappa shape index (κ3) is 5.43. The average Bonchev–Trinajstić information content (AvgIpc) is 2.56. The summed E-state index contributed by atoms with van der Waals surface area (Å²) in [6.45, 7) is 3.64. The van der Waals surface area contributed by atoms with Crippen molar-refractivity contribution in [3.63, 3.8) is 0 Å². The number of carbonyl (C=O) groups is 2. The molecule has 2 amide bonds. The van der Waals surface area contributed by atoms with Crippen molar-refractivity contribution < 1.29 is 14.3 Å². The van der Waals surface area contributed by atoms with Crippen molar-refractivity contribution in [2.24, 2.45) is 0 Å². The lowest BCUT2D eigenvalue weighted by Crippen LogP contribution is -2.41. The first-order chi connectivity index (χ1) is 11.0. The number of aromatic nitrogens is 1. The van der Waals surface area contributed by atoms with Crippen molar-refractivity contribution in [1.29, 1.82) is 0 Å². The molecular formula is C17H19N3O3. The van der Waals surface area contributed by atoms with Gasteiger partial charge in [-0.1, -0.05) is 36.4 Å². The van der Waals surface area contributed by atoms with E-state index in [4.69, 9.17) is 4.74 Å². The molecule has 1 atom stereocenters. The molecule has 2 rings (SSSR count). The van der Waals surface area contributed by atoms with Crippen LogP contribution in [0.3, 0.4) is 0 Å². The summed E-state index contributed by atoms with van der Waals surface area (Å²) in [5, 5.41) is 5.11. The SMILES string of the molecule is Cc1ccc(NC(=O)C(C)NC(=O)OCc2ccccc2)nc1. The number of rotatable bonds is 5. The molecule has 0 radical (unpaired) electrons. The molecule has 0 aliphatic heterocycles. The van der Waals surface area contributed by atoms with Crippen molar-refractivity contribution in [1.82, 2.24) is 10.3 Å². The maximum absolute atomic E-state index is 12.0. The maximum atomic E-state index is 12.0. The number of hydrogen-bond acceptors (Lipinski definition) is 4. The van der Waals surface area contributed by atoms with Crippen molar-refractivity contribution >= 4 is 17.8 Å². The van der Waals surface area contributed by atoms with E-state index in [9.17, 15) is 9.59 Å². The first kappa shape index (κ1) is 16.5. The molecule has 0 aliphatic carbocycles.